The van der Waals surface area contributed by atoms with Crippen LogP contribution in [-0.4, -0.2) is 97.5 Å². The quantitative estimate of drug-likeness (QED) is 0.0197. The second kappa shape index (κ2) is 45.2. The molecule has 13 heteroatoms. The fourth-order valence-electron chi connectivity index (χ4n) is 8.20. The molecule has 67 heavy (non-hydrogen) atoms. The van der Waals surface area contributed by atoms with Crippen molar-refractivity contribution in [2.45, 2.75) is 263 Å². The van der Waals surface area contributed by atoms with Crippen molar-refractivity contribution < 1.29 is 56.2 Å². The van der Waals surface area contributed by atoms with Crippen LogP contribution < -0.4 is 0 Å². The molecule has 0 aromatic rings. The van der Waals surface area contributed by atoms with E-state index in [9.17, 15) is 33.1 Å². The molecule has 1 aliphatic heterocycles. The second-order valence-corrected chi connectivity index (χ2v) is 19.5. The Bertz CT molecular complexity index is 1350. The molecule has 0 amide bonds. The number of esters is 1. The van der Waals surface area contributed by atoms with Crippen LogP contribution in [0.1, 0.15) is 226 Å². The van der Waals surface area contributed by atoms with Crippen molar-refractivity contribution in [3.8, 4) is 0 Å². The van der Waals surface area contributed by atoms with E-state index in [0.29, 0.717) is 13.0 Å². The van der Waals surface area contributed by atoms with E-state index in [4.69, 9.17) is 18.9 Å². The SMILES string of the molecule is CC/C=C\C/C=C\C/C=C\C/C=C\CCCCCOCC(COC1OC(CO)C(O)C(OS(=O)(=O)O)C1O)OC(=O)CCCCCCCCCCCCCCCCCCCCCCCCCC. The number of aliphatic hydroxyl groups excluding tert-OH is 3. The van der Waals surface area contributed by atoms with Gasteiger partial charge in [-0.1, -0.05) is 217 Å². The molecule has 1 fully saturated rings. The van der Waals surface area contributed by atoms with Gasteiger partial charge in [-0.15, -0.1) is 0 Å². The van der Waals surface area contributed by atoms with Gasteiger partial charge in [-0.2, -0.15) is 8.42 Å². The summed E-state index contributed by atoms with van der Waals surface area (Å²) in [7, 11) is -5.07. The van der Waals surface area contributed by atoms with Gasteiger partial charge < -0.3 is 34.3 Å². The van der Waals surface area contributed by atoms with Crippen LogP contribution >= 0.6 is 0 Å². The lowest BCUT2D eigenvalue weighted by Crippen LogP contribution is -2.60. The summed E-state index contributed by atoms with van der Waals surface area (Å²) in [5.74, 6) is -0.407. The van der Waals surface area contributed by atoms with Crippen LogP contribution in [0.3, 0.4) is 0 Å². The molecule has 1 aliphatic rings. The van der Waals surface area contributed by atoms with Gasteiger partial charge in [0, 0.05) is 13.0 Å². The molecule has 0 bridgehead atoms. The van der Waals surface area contributed by atoms with E-state index in [1.54, 1.807) is 0 Å². The van der Waals surface area contributed by atoms with Crippen LogP contribution in [0.15, 0.2) is 48.6 Å². The predicted molar refractivity (Wildman–Crippen MR) is 271 cm³/mol. The summed E-state index contributed by atoms with van der Waals surface area (Å²) in [6, 6.07) is 0. The van der Waals surface area contributed by atoms with Crippen molar-refractivity contribution in [3.63, 3.8) is 0 Å². The molecular weight excluding hydrogens is 873 g/mol. The molecule has 6 unspecified atom stereocenters. The predicted octanol–water partition coefficient (Wildman–Crippen LogP) is 12.7. The first-order valence-corrected chi connectivity index (χ1v) is 28.3. The summed E-state index contributed by atoms with van der Waals surface area (Å²) in [6.45, 7) is 3.83. The highest BCUT2D eigenvalue weighted by atomic mass is 32.3. The maximum Gasteiger partial charge on any atom is 0.397 e. The normalized spacial score (nSPS) is 19.8. The van der Waals surface area contributed by atoms with Gasteiger partial charge in [0.1, 0.15) is 30.5 Å². The first-order chi connectivity index (χ1) is 32.6. The molecule has 1 saturated heterocycles. The minimum Gasteiger partial charge on any atom is -0.457 e. The Morgan fingerprint density at radius 2 is 1.03 bits per heavy atom. The summed E-state index contributed by atoms with van der Waals surface area (Å²) in [4.78, 5) is 12.9. The average Bonchev–Trinajstić information content (AvgIpc) is 3.30. The lowest BCUT2D eigenvalue weighted by molar-refractivity contribution is -0.301. The van der Waals surface area contributed by atoms with Gasteiger partial charge in [-0.25, -0.2) is 4.18 Å². The lowest BCUT2D eigenvalue weighted by atomic mass is 9.99. The largest absolute Gasteiger partial charge is 0.457 e. The van der Waals surface area contributed by atoms with Crippen molar-refractivity contribution in [1.82, 2.24) is 0 Å². The van der Waals surface area contributed by atoms with Crippen molar-refractivity contribution in [3.05, 3.63) is 48.6 Å². The van der Waals surface area contributed by atoms with Crippen LogP contribution in [-0.2, 0) is 38.3 Å². The molecule has 0 spiro atoms. The maximum absolute atomic E-state index is 12.9. The van der Waals surface area contributed by atoms with E-state index in [-0.39, 0.29) is 19.6 Å². The average molecular weight is 971 g/mol. The van der Waals surface area contributed by atoms with Gasteiger partial charge in [0.2, 0.25) is 0 Å². The van der Waals surface area contributed by atoms with Gasteiger partial charge >= 0.3 is 16.4 Å². The van der Waals surface area contributed by atoms with Crippen LogP contribution in [0, 0.1) is 0 Å². The fraction of sp³-hybridized carbons (Fsp3) is 0.833. The molecular formula is C54H98O12S. The fourth-order valence-corrected chi connectivity index (χ4v) is 8.70. The molecule has 0 aliphatic carbocycles. The highest BCUT2D eigenvalue weighted by molar-refractivity contribution is 7.80. The topological polar surface area (TPSA) is 178 Å². The van der Waals surface area contributed by atoms with E-state index >= 15 is 0 Å². The van der Waals surface area contributed by atoms with Crippen LogP contribution in [0.4, 0.5) is 0 Å². The van der Waals surface area contributed by atoms with Crippen molar-refractivity contribution in [2.75, 3.05) is 26.4 Å². The maximum atomic E-state index is 12.9. The van der Waals surface area contributed by atoms with E-state index < -0.39 is 59.8 Å². The molecule has 1 rings (SSSR count). The summed E-state index contributed by atoms with van der Waals surface area (Å²) in [5, 5.41) is 30.8. The van der Waals surface area contributed by atoms with Crippen LogP contribution in [0.2, 0.25) is 0 Å². The molecule has 12 nitrogen and oxygen atoms in total. The number of unbranched alkanes of at least 4 members (excludes halogenated alkanes) is 26. The minimum atomic E-state index is -5.07. The Morgan fingerprint density at radius 1 is 0.582 bits per heavy atom. The summed E-state index contributed by atoms with van der Waals surface area (Å²) >= 11 is 0. The Kier molecular flexibility index (Phi) is 42.6. The van der Waals surface area contributed by atoms with E-state index in [1.165, 1.54) is 128 Å². The zero-order valence-corrected chi connectivity index (χ0v) is 43.0. The van der Waals surface area contributed by atoms with Gasteiger partial charge in [0.25, 0.3) is 0 Å². The third-order valence-electron chi connectivity index (χ3n) is 12.2. The second-order valence-electron chi connectivity index (χ2n) is 18.4. The number of hydrogen-bond donors (Lipinski definition) is 4. The minimum absolute atomic E-state index is 0.0157. The highest BCUT2D eigenvalue weighted by Crippen LogP contribution is 2.26. The van der Waals surface area contributed by atoms with E-state index in [1.807, 2.05) is 0 Å². The zero-order valence-electron chi connectivity index (χ0n) is 42.2. The Labute approximate surface area is 408 Å². The number of aliphatic hydroxyl groups is 3. The Hall–Kier alpha value is -1.94. The van der Waals surface area contributed by atoms with Gasteiger partial charge in [0.15, 0.2) is 6.29 Å². The van der Waals surface area contributed by atoms with Gasteiger partial charge in [-0.05, 0) is 51.4 Å². The number of ether oxygens (including phenoxy) is 4. The molecule has 0 radical (unpaired) electrons. The van der Waals surface area contributed by atoms with Crippen molar-refractivity contribution >= 4 is 16.4 Å². The van der Waals surface area contributed by atoms with Crippen LogP contribution in [0.5, 0.6) is 0 Å². The molecule has 1 heterocycles. The molecule has 4 N–H and O–H groups in total. The van der Waals surface area contributed by atoms with Gasteiger partial charge in [-0.3, -0.25) is 9.35 Å². The molecule has 6 atom stereocenters. The Morgan fingerprint density at radius 3 is 1.49 bits per heavy atom. The Balaban J connectivity index is 2.32. The summed E-state index contributed by atoms with van der Waals surface area (Å²) in [5.41, 5.74) is 0. The first kappa shape index (κ1) is 63.1. The number of carbonyl (C=O) groups excluding carboxylic acids is 1. The van der Waals surface area contributed by atoms with Gasteiger partial charge in [0.05, 0.1) is 19.8 Å². The standard InChI is InChI=1S/C54H98O12S/c1-3-5-7-9-11-13-15-17-19-21-22-23-24-25-26-27-28-29-31-33-35-37-39-41-43-50(56)64-48(47-63-54-52(58)53(66-67(59,60)61)51(57)49(45-55)65-54)46-62-44-42-40-38-36-34-32-30-20-18-16-14-12-10-8-6-4-2/h6,8,12,14,18,20,32,34,48-49,51-55,57-58H,3-5,7,9-11,13,15-17,19,21-31,33,35-47H2,1-2H3,(H,59,60,61)/b8-6-,14-12-,20-18-,34-32-. The number of carbonyl (C=O) groups is 1. The molecule has 0 aromatic heterocycles. The van der Waals surface area contributed by atoms with Crippen molar-refractivity contribution in [1.29, 1.82) is 0 Å². The molecule has 0 saturated carbocycles. The lowest BCUT2D eigenvalue weighted by Gasteiger charge is -2.41. The number of allylic oxidation sites excluding steroid dienone is 8. The van der Waals surface area contributed by atoms with Crippen LogP contribution in [0.25, 0.3) is 0 Å². The molecule has 0 aromatic carbocycles. The first-order valence-electron chi connectivity index (χ1n) is 26.9. The summed E-state index contributed by atoms with van der Waals surface area (Å²) in [6.07, 6.45) is 47.3. The van der Waals surface area contributed by atoms with Crippen molar-refractivity contribution in [2.24, 2.45) is 0 Å². The molecule has 392 valence electrons. The number of hydrogen-bond acceptors (Lipinski definition) is 11. The third kappa shape index (κ3) is 38.5. The highest BCUT2D eigenvalue weighted by Gasteiger charge is 2.48. The number of rotatable bonds is 47. The monoisotopic (exact) mass is 971 g/mol. The smallest absolute Gasteiger partial charge is 0.397 e. The zero-order chi connectivity index (χ0) is 48.9. The summed E-state index contributed by atoms with van der Waals surface area (Å²) < 4.78 is 59.2. The third-order valence-corrected chi connectivity index (χ3v) is 12.7. The van der Waals surface area contributed by atoms with E-state index in [2.05, 4.69) is 66.6 Å². The van der Waals surface area contributed by atoms with E-state index in [0.717, 1.165) is 70.6 Å².